The molecule has 6 heteroatoms. The number of benzene rings is 2. The van der Waals surface area contributed by atoms with Gasteiger partial charge in [0.2, 0.25) is 0 Å². The van der Waals surface area contributed by atoms with Crippen molar-refractivity contribution in [3.8, 4) is 17.1 Å². The maximum atomic E-state index is 12.9. The van der Waals surface area contributed by atoms with Crippen molar-refractivity contribution in [2.45, 2.75) is 46.5 Å². The molecule has 0 radical (unpaired) electrons. The molecule has 0 bridgehead atoms. The first-order chi connectivity index (χ1) is 15.5. The molecule has 4 rings (SSSR count). The maximum absolute atomic E-state index is 12.9. The largest absolute Gasteiger partial charge is 0.493 e. The minimum absolute atomic E-state index is 0.189. The van der Waals surface area contributed by atoms with E-state index in [1.54, 1.807) is 11.7 Å². The molecular weight excluding hydrogens is 400 g/mol. The fourth-order valence-corrected chi connectivity index (χ4v) is 4.06. The zero-order valence-electron chi connectivity index (χ0n) is 19.2. The van der Waals surface area contributed by atoms with Crippen LogP contribution in [0.3, 0.4) is 0 Å². The summed E-state index contributed by atoms with van der Waals surface area (Å²) in [6.07, 6.45) is 3.54. The van der Waals surface area contributed by atoms with Gasteiger partial charge in [0.25, 0.3) is 5.56 Å². The Morgan fingerprint density at radius 1 is 1.00 bits per heavy atom. The molecule has 2 aromatic carbocycles. The SMILES string of the molecule is CCCc1nn(C)c2c(=O)[nH]c(-c3cc(Cc4ccc(CC)cc4)ccc3OCC)nc12. The van der Waals surface area contributed by atoms with E-state index in [1.165, 1.54) is 11.1 Å². The Balaban J connectivity index is 1.80. The minimum atomic E-state index is -0.189. The van der Waals surface area contributed by atoms with E-state index in [9.17, 15) is 4.79 Å². The van der Waals surface area contributed by atoms with Crippen LogP contribution in [0.4, 0.5) is 0 Å². The van der Waals surface area contributed by atoms with Gasteiger partial charge >= 0.3 is 0 Å². The average Bonchev–Trinajstić information content (AvgIpc) is 3.11. The molecule has 2 aromatic heterocycles. The van der Waals surface area contributed by atoms with Crippen LogP contribution in [0.15, 0.2) is 47.3 Å². The monoisotopic (exact) mass is 430 g/mol. The fourth-order valence-electron chi connectivity index (χ4n) is 4.06. The Bertz CT molecular complexity index is 1290. The van der Waals surface area contributed by atoms with Crippen LogP contribution in [-0.2, 0) is 26.3 Å². The molecule has 0 spiro atoms. The van der Waals surface area contributed by atoms with Gasteiger partial charge < -0.3 is 9.72 Å². The van der Waals surface area contributed by atoms with Crippen LogP contribution in [0.1, 0.15) is 49.6 Å². The topological polar surface area (TPSA) is 72.8 Å². The summed E-state index contributed by atoms with van der Waals surface area (Å²) in [5, 5.41) is 4.52. The number of aryl methyl sites for hydroxylation is 3. The Kier molecular flexibility index (Phi) is 6.40. The Labute approximate surface area is 188 Å². The van der Waals surface area contributed by atoms with Crippen molar-refractivity contribution in [3.63, 3.8) is 0 Å². The van der Waals surface area contributed by atoms with Crippen molar-refractivity contribution < 1.29 is 4.74 Å². The van der Waals surface area contributed by atoms with E-state index in [0.717, 1.165) is 42.5 Å². The number of nitrogens with zero attached hydrogens (tertiary/aromatic N) is 3. The molecule has 32 heavy (non-hydrogen) atoms. The second-order valence-corrected chi connectivity index (χ2v) is 8.04. The number of rotatable bonds is 8. The van der Waals surface area contributed by atoms with E-state index in [1.807, 2.05) is 13.0 Å². The van der Waals surface area contributed by atoms with E-state index < -0.39 is 0 Å². The lowest BCUT2D eigenvalue weighted by molar-refractivity contribution is 0.341. The molecule has 0 unspecified atom stereocenters. The van der Waals surface area contributed by atoms with Crippen molar-refractivity contribution in [1.29, 1.82) is 0 Å². The molecule has 0 aliphatic rings. The molecule has 0 atom stereocenters. The predicted molar refractivity (Wildman–Crippen MR) is 128 cm³/mol. The van der Waals surface area contributed by atoms with Crippen molar-refractivity contribution >= 4 is 11.0 Å². The van der Waals surface area contributed by atoms with Gasteiger partial charge in [0.15, 0.2) is 5.52 Å². The highest BCUT2D eigenvalue weighted by Crippen LogP contribution is 2.30. The number of hydrogen-bond donors (Lipinski definition) is 1. The molecule has 0 saturated carbocycles. The molecule has 0 saturated heterocycles. The van der Waals surface area contributed by atoms with Gasteiger partial charge in [-0.1, -0.05) is 50.6 Å². The first kappa shape index (κ1) is 21.8. The van der Waals surface area contributed by atoms with E-state index in [0.29, 0.717) is 29.2 Å². The van der Waals surface area contributed by atoms with Crippen LogP contribution in [0.25, 0.3) is 22.4 Å². The number of nitrogens with one attached hydrogen (secondary N) is 1. The Hall–Kier alpha value is -3.41. The van der Waals surface area contributed by atoms with Crippen molar-refractivity contribution in [1.82, 2.24) is 19.7 Å². The van der Waals surface area contributed by atoms with Crippen molar-refractivity contribution in [3.05, 3.63) is 75.2 Å². The first-order valence-electron chi connectivity index (χ1n) is 11.3. The molecule has 0 aliphatic heterocycles. The lowest BCUT2D eigenvalue weighted by atomic mass is 10.0. The van der Waals surface area contributed by atoms with Crippen LogP contribution >= 0.6 is 0 Å². The summed E-state index contributed by atoms with van der Waals surface area (Å²) in [7, 11) is 1.79. The summed E-state index contributed by atoms with van der Waals surface area (Å²) >= 11 is 0. The van der Waals surface area contributed by atoms with Crippen LogP contribution in [0, 0.1) is 0 Å². The van der Waals surface area contributed by atoms with Gasteiger partial charge in [0, 0.05) is 7.05 Å². The highest BCUT2D eigenvalue weighted by atomic mass is 16.5. The summed E-state index contributed by atoms with van der Waals surface area (Å²) in [6.45, 7) is 6.74. The third-order valence-electron chi connectivity index (χ3n) is 5.69. The standard InChI is InChI=1S/C26H30N4O2/c1-5-8-21-23-24(30(4)29-21)26(31)28-25(27-23)20-16-19(13-14-22(20)32-7-3)15-18-11-9-17(6-2)10-12-18/h9-14,16H,5-8,15H2,1-4H3,(H,27,28,31). The third kappa shape index (κ3) is 4.31. The summed E-state index contributed by atoms with van der Waals surface area (Å²) < 4.78 is 7.50. The Morgan fingerprint density at radius 2 is 1.72 bits per heavy atom. The second kappa shape index (κ2) is 9.39. The number of H-pyrrole nitrogens is 1. The van der Waals surface area contributed by atoms with Gasteiger partial charge in [0.1, 0.15) is 17.1 Å². The normalized spacial score (nSPS) is 11.2. The van der Waals surface area contributed by atoms with Crippen LogP contribution < -0.4 is 10.3 Å². The zero-order chi connectivity index (χ0) is 22.7. The number of fused-ring (bicyclic) bond motifs is 1. The van der Waals surface area contributed by atoms with E-state index >= 15 is 0 Å². The second-order valence-electron chi connectivity index (χ2n) is 8.04. The van der Waals surface area contributed by atoms with Gasteiger partial charge in [-0.15, -0.1) is 0 Å². The summed E-state index contributed by atoms with van der Waals surface area (Å²) in [5.74, 6) is 1.22. The van der Waals surface area contributed by atoms with Gasteiger partial charge in [-0.3, -0.25) is 9.48 Å². The lowest BCUT2D eigenvalue weighted by Gasteiger charge is -2.12. The number of aromatic amines is 1. The molecule has 4 aromatic rings. The number of aromatic nitrogens is 4. The molecule has 2 heterocycles. The number of ether oxygens (including phenoxy) is 1. The lowest BCUT2D eigenvalue weighted by Crippen LogP contribution is -2.13. The van der Waals surface area contributed by atoms with Crippen molar-refractivity contribution in [2.75, 3.05) is 6.61 Å². The summed E-state index contributed by atoms with van der Waals surface area (Å²) in [6, 6.07) is 14.8. The van der Waals surface area contributed by atoms with Crippen LogP contribution in [0.5, 0.6) is 5.75 Å². The summed E-state index contributed by atoms with van der Waals surface area (Å²) in [5.41, 5.74) is 6.32. The van der Waals surface area contributed by atoms with Crippen LogP contribution in [-0.4, -0.2) is 26.4 Å². The van der Waals surface area contributed by atoms with Crippen LogP contribution in [0.2, 0.25) is 0 Å². The molecule has 6 nitrogen and oxygen atoms in total. The fraction of sp³-hybridized carbons (Fsp3) is 0.346. The maximum Gasteiger partial charge on any atom is 0.277 e. The molecular formula is C26H30N4O2. The van der Waals surface area contributed by atoms with Gasteiger partial charge in [-0.2, -0.15) is 5.10 Å². The quantitative estimate of drug-likeness (QED) is 0.435. The summed E-state index contributed by atoms with van der Waals surface area (Å²) in [4.78, 5) is 20.7. The van der Waals surface area contributed by atoms with Gasteiger partial charge in [-0.05, 0) is 55.0 Å². The highest BCUT2D eigenvalue weighted by molar-refractivity contribution is 5.79. The molecule has 166 valence electrons. The van der Waals surface area contributed by atoms with Gasteiger partial charge in [0.05, 0.1) is 17.9 Å². The van der Waals surface area contributed by atoms with E-state index in [-0.39, 0.29) is 5.56 Å². The van der Waals surface area contributed by atoms with E-state index in [4.69, 9.17) is 9.72 Å². The van der Waals surface area contributed by atoms with Crippen molar-refractivity contribution in [2.24, 2.45) is 7.05 Å². The molecule has 0 aliphatic carbocycles. The number of hydrogen-bond acceptors (Lipinski definition) is 4. The Morgan fingerprint density at radius 3 is 2.41 bits per heavy atom. The smallest absolute Gasteiger partial charge is 0.277 e. The molecule has 0 fully saturated rings. The zero-order valence-corrected chi connectivity index (χ0v) is 19.2. The minimum Gasteiger partial charge on any atom is -0.493 e. The third-order valence-corrected chi connectivity index (χ3v) is 5.69. The predicted octanol–water partition coefficient (Wildman–Crippen LogP) is 4.83. The molecule has 0 amide bonds. The molecule has 1 N–H and O–H groups in total. The average molecular weight is 431 g/mol. The first-order valence-corrected chi connectivity index (χ1v) is 11.3. The van der Waals surface area contributed by atoms with E-state index in [2.05, 4.69) is 60.3 Å². The highest BCUT2D eigenvalue weighted by Gasteiger charge is 2.17. The van der Waals surface area contributed by atoms with Gasteiger partial charge in [-0.25, -0.2) is 4.98 Å².